The minimum Gasteiger partial charge on any atom is -0.378 e. The topological polar surface area (TPSA) is 21.3 Å². The Morgan fingerprint density at radius 1 is 1.50 bits per heavy atom. The molecule has 1 N–H and O–H groups in total. The molecule has 0 heterocycles. The van der Waals surface area contributed by atoms with E-state index in [4.69, 9.17) is 4.74 Å². The van der Waals surface area contributed by atoms with Crippen LogP contribution in [0.1, 0.15) is 46.5 Å². The van der Waals surface area contributed by atoms with Gasteiger partial charge in [-0.15, -0.1) is 0 Å². The van der Waals surface area contributed by atoms with E-state index >= 15 is 0 Å². The van der Waals surface area contributed by atoms with Crippen molar-refractivity contribution in [2.75, 3.05) is 13.7 Å². The predicted octanol–water partition coefficient (Wildman–Crippen LogP) is 2.58. The van der Waals surface area contributed by atoms with Crippen molar-refractivity contribution in [3.05, 3.63) is 0 Å². The molecule has 0 amide bonds. The highest BCUT2D eigenvalue weighted by Crippen LogP contribution is 2.30. The van der Waals surface area contributed by atoms with Crippen molar-refractivity contribution in [1.29, 1.82) is 0 Å². The van der Waals surface area contributed by atoms with E-state index in [1.54, 1.807) is 0 Å². The van der Waals surface area contributed by atoms with Gasteiger partial charge in [0.15, 0.2) is 0 Å². The fourth-order valence-electron chi connectivity index (χ4n) is 2.21. The highest BCUT2D eigenvalue weighted by molar-refractivity contribution is 4.87. The molecule has 0 aromatic carbocycles. The van der Waals surface area contributed by atoms with Crippen LogP contribution in [0.3, 0.4) is 0 Å². The number of hydrogen-bond acceptors (Lipinski definition) is 2. The first-order chi connectivity index (χ1) is 6.56. The number of hydrogen-bond donors (Lipinski definition) is 1. The van der Waals surface area contributed by atoms with Crippen molar-refractivity contribution >= 4 is 0 Å². The fourth-order valence-corrected chi connectivity index (χ4v) is 2.21. The Labute approximate surface area is 88.4 Å². The maximum Gasteiger partial charge on any atom is 0.0665 e. The fraction of sp³-hybridized carbons (Fsp3) is 1.00. The van der Waals surface area contributed by atoms with Gasteiger partial charge in [-0.3, -0.25) is 0 Å². The van der Waals surface area contributed by atoms with E-state index in [0.29, 0.717) is 6.04 Å². The molecular weight excluding hydrogens is 174 g/mol. The highest BCUT2D eigenvalue weighted by atomic mass is 16.5. The number of methoxy groups -OCH3 is 1. The molecule has 1 rings (SSSR count). The summed E-state index contributed by atoms with van der Waals surface area (Å²) < 4.78 is 5.58. The molecule has 1 aliphatic carbocycles. The molecule has 2 atom stereocenters. The zero-order valence-corrected chi connectivity index (χ0v) is 10.1. The summed E-state index contributed by atoms with van der Waals surface area (Å²) in [6, 6.07) is 0.663. The lowest BCUT2D eigenvalue weighted by Crippen LogP contribution is -2.44. The van der Waals surface area contributed by atoms with Gasteiger partial charge in [0.2, 0.25) is 0 Å². The summed E-state index contributed by atoms with van der Waals surface area (Å²) in [7, 11) is 1.84. The number of rotatable bonds is 4. The molecule has 1 fully saturated rings. The molecule has 2 heteroatoms. The molecule has 0 radical (unpaired) electrons. The third-order valence-corrected chi connectivity index (χ3v) is 3.24. The Kier molecular flexibility index (Phi) is 4.39. The molecule has 0 saturated heterocycles. The zero-order chi connectivity index (χ0) is 10.6. The van der Waals surface area contributed by atoms with Crippen LogP contribution in [0.15, 0.2) is 0 Å². The SMILES string of the molecule is CO[C@@]1(C)CCC[C@H](NCC(C)C)C1. The van der Waals surface area contributed by atoms with E-state index in [9.17, 15) is 0 Å². The van der Waals surface area contributed by atoms with Crippen molar-refractivity contribution in [1.82, 2.24) is 5.32 Å². The largest absolute Gasteiger partial charge is 0.378 e. The highest BCUT2D eigenvalue weighted by Gasteiger charge is 2.31. The Balaban J connectivity index is 2.33. The first kappa shape index (κ1) is 12.0. The van der Waals surface area contributed by atoms with Crippen LogP contribution in [0.25, 0.3) is 0 Å². The van der Waals surface area contributed by atoms with Gasteiger partial charge in [0.1, 0.15) is 0 Å². The summed E-state index contributed by atoms with van der Waals surface area (Å²) in [5, 5.41) is 3.63. The van der Waals surface area contributed by atoms with Crippen LogP contribution in [-0.4, -0.2) is 25.3 Å². The van der Waals surface area contributed by atoms with Gasteiger partial charge >= 0.3 is 0 Å². The van der Waals surface area contributed by atoms with Gasteiger partial charge in [-0.1, -0.05) is 13.8 Å². The third kappa shape index (κ3) is 3.58. The molecule has 0 unspecified atom stereocenters. The summed E-state index contributed by atoms with van der Waals surface area (Å²) in [6.07, 6.45) is 4.98. The lowest BCUT2D eigenvalue weighted by molar-refractivity contribution is -0.0325. The van der Waals surface area contributed by atoms with Crippen LogP contribution < -0.4 is 5.32 Å². The summed E-state index contributed by atoms with van der Waals surface area (Å²) in [4.78, 5) is 0. The number of ether oxygens (including phenoxy) is 1. The van der Waals surface area contributed by atoms with E-state index in [2.05, 4.69) is 26.1 Å². The quantitative estimate of drug-likeness (QED) is 0.751. The van der Waals surface area contributed by atoms with Gasteiger partial charge in [0, 0.05) is 13.2 Å². The van der Waals surface area contributed by atoms with E-state index in [0.717, 1.165) is 18.9 Å². The molecular formula is C12H25NO. The van der Waals surface area contributed by atoms with Gasteiger partial charge < -0.3 is 10.1 Å². The van der Waals surface area contributed by atoms with E-state index in [1.807, 2.05) is 7.11 Å². The molecule has 0 aromatic heterocycles. The second kappa shape index (κ2) is 5.13. The van der Waals surface area contributed by atoms with Crippen LogP contribution in [0.2, 0.25) is 0 Å². The Bertz CT molecular complexity index is 170. The first-order valence-corrected chi connectivity index (χ1v) is 5.84. The second-order valence-corrected chi connectivity index (χ2v) is 5.25. The summed E-state index contributed by atoms with van der Waals surface area (Å²) in [5.41, 5.74) is 0.118. The van der Waals surface area contributed by atoms with Crippen molar-refractivity contribution in [2.45, 2.75) is 58.1 Å². The molecule has 0 aliphatic heterocycles. The van der Waals surface area contributed by atoms with E-state index < -0.39 is 0 Å². The molecule has 1 saturated carbocycles. The monoisotopic (exact) mass is 199 g/mol. The summed E-state index contributed by atoms with van der Waals surface area (Å²) in [6.45, 7) is 7.87. The molecule has 2 nitrogen and oxygen atoms in total. The minimum absolute atomic E-state index is 0.118. The zero-order valence-electron chi connectivity index (χ0n) is 10.1. The van der Waals surface area contributed by atoms with Gasteiger partial charge in [-0.05, 0) is 45.1 Å². The average molecular weight is 199 g/mol. The third-order valence-electron chi connectivity index (χ3n) is 3.24. The van der Waals surface area contributed by atoms with Gasteiger partial charge in [-0.25, -0.2) is 0 Å². The van der Waals surface area contributed by atoms with Gasteiger partial charge in [0.25, 0.3) is 0 Å². The Morgan fingerprint density at radius 3 is 2.79 bits per heavy atom. The maximum atomic E-state index is 5.58. The average Bonchev–Trinajstić information content (AvgIpc) is 2.15. The lowest BCUT2D eigenvalue weighted by atomic mass is 9.83. The van der Waals surface area contributed by atoms with E-state index in [-0.39, 0.29) is 5.60 Å². The Hall–Kier alpha value is -0.0800. The van der Waals surface area contributed by atoms with Crippen molar-refractivity contribution in [2.24, 2.45) is 5.92 Å². The summed E-state index contributed by atoms with van der Waals surface area (Å²) in [5.74, 6) is 0.741. The van der Waals surface area contributed by atoms with Crippen molar-refractivity contribution in [3.63, 3.8) is 0 Å². The normalized spacial score (nSPS) is 33.6. The molecule has 14 heavy (non-hydrogen) atoms. The predicted molar refractivity (Wildman–Crippen MR) is 60.5 cm³/mol. The van der Waals surface area contributed by atoms with Crippen LogP contribution in [0.5, 0.6) is 0 Å². The summed E-state index contributed by atoms with van der Waals surface area (Å²) >= 11 is 0. The first-order valence-electron chi connectivity index (χ1n) is 5.84. The van der Waals surface area contributed by atoms with Crippen molar-refractivity contribution < 1.29 is 4.74 Å². The molecule has 84 valence electrons. The lowest BCUT2D eigenvalue weighted by Gasteiger charge is -2.37. The van der Waals surface area contributed by atoms with Gasteiger partial charge in [0.05, 0.1) is 5.60 Å². The van der Waals surface area contributed by atoms with Crippen LogP contribution in [0, 0.1) is 5.92 Å². The second-order valence-electron chi connectivity index (χ2n) is 5.25. The maximum absolute atomic E-state index is 5.58. The number of nitrogens with one attached hydrogen (secondary N) is 1. The molecule has 0 bridgehead atoms. The van der Waals surface area contributed by atoms with Crippen molar-refractivity contribution in [3.8, 4) is 0 Å². The van der Waals surface area contributed by atoms with Crippen LogP contribution in [-0.2, 0) is 4.74 Å². The van der Waals surface area contributed by atoms with Crippen LogP contribution >= 0.6 is 0 Å². The Morgan fingerprint density at radius 2 is 2.21 bits per heavy atom. The van der Waals surface area contributed by atoms with E-state index in [1.165, 1.54) is 19.3 Å². The molecule has 0 spiro atoms. The van der Waals surface area contributed by atoms with Crippen LogP contribution in [0.4, 0.5) is 0 Å². The molecule has 1 aliphatic rings. The smallest absolute Gasteiger partial charge is 0.0665 e. The minimum atomic E-state index is 0.118. The molecule has 0 aromatic rings. The van der Waals surface area contributed by atoms with Gasteiger partial charge in [-0.2, -0.15) is 0 Å². The standard InChI is InChI=1S/C12H25NO/c1-10(2)9-13-11-6-5-7-12(3,8-11)14-4/h10-11,13H,5-9H2,1-4H3/t11-,12-/m0/s1.